The van der Waals surface area contributed by atoms with Crippen molar-refractivity contribution in [2.75, 3.05) is 31.0 Å². The van der Waals surface area contributed by atoms with Crippen LogP contribution in [0.4, 0.5) is 11.4 Å². The highest BCUT2D eigenvalue weighted by Crippen LogP contribution is 2.31. The molecular formula is C28H31N3O4. The number of carbonyl (C=O) groups excluding carboxylic acids is 2. The first-order chi connectivity index (χ1) is 16.9. The van der Waals surface area contributed by atoms with E-state index in [-0.39, 0.29) is 11.8 Å². The van der Waals surface area contributed by atoms with Crippen molar-refractivity contribution in [2.45, 2.75) is 39.0 Å². The minimum atomic E-state index is -0.310. The smallest absolute Gasteiger partial charge is 0.257 e. The molecular weight excluding hydrogens is 442 g/mol. The molecule has 0 saturated heterocycles. The fourth-order valence-corrected chi connectivity index (χ4v) is 4.22. The Bertz CT molecular complexity index is 1220. The van der Waals surface area contributed by atoms with Crippen molar-refractivity contribution in [3.63, 3.8) is 0 Å². The number of nitrogens with one attached hydrogen (secondary N) is 1. The fourth-order valence-electron chi connectivity index (χ4n) is 4.22. The molecule has 0 radical (unpaired) electrons. The van der Waals surface area contributed by atoms with Gasteiger partial charge in [0.15, 0.2) is 11.5 Å². The number of benzene rings is 2. The summed E-state index contributed by atoms with van der Waals surface area (Å²) in [6.07, 6.45) is 3.49. The molecule has 0 fully saturated rings. The lowest BCUT2D eigenvalue weighted by molar-refractivity contribution is -0.118. The van der Waals surface area contributed by atoms with E-state index in [9.17, 15) is 9.59 Å². The van der Waals surface area contributed by atoms with Gasteiger partial charge in [0.2, 0.25) is 5.91 Å². The molecule has 0 bridgehead atoms. The lowest BCUT2D eigenvalue weighted by Crippen LogP contribution is -2.37. The Kier molecular flexibility index (Phi) is 7.34. The van der Waals surface area contributed by atoms with E-state index in [4.69, 9.17) is 9.47 Å². The largest absolute Gasteiger partial charge is 0.493 e. The zero-order valence-electron chi connectivity index (χ0n) is 20.6. The van der Waals surface area contributed by atoms with Gasteiger partial charge in [-0.25, -0.2) is 0 Å². The van der Waals surface area contributed by atoms with Crippen molar-refractivity contribution in [2.24, 2.45) is 0 Å². The molecule has 2 amide bonds. The first-order valence-electron chi connectivity index (χ1n) is 11.8. The van der Waals surface area contributed by atoms with E-state index in [0.29, 0.717) is 47.3 Å². The molecule has 0 atom stereocenters. The summed E-state index contributed by atoms with van der Waals surface area (Å²) in [4.78, 5) is 32.5. The van der Waals surface area contributed by atoms with Crippen LogP contribution in [0.1, 0.15) is 53.4 Å². The molecule has 2 aromatic carbocycles. The zero-order chi connectivity index (χ0) is 24.9. The number of amides is 2. The molecule has 7 nitrogen and oxygen atoms in total. The fraction of sp³-hybridized carbons (Fsp3) is 0.321. The average Bonchev–Trinajstić information content (AvgIpc) is 2.88. The van der Waals surface area contributed by atoms with Crippen molar-refractivity contribution in [3.05, 3.63) is 77.1 Å². The quantitative estimate of drug-likeness (QED) is 0.523. The van der Waals surface area contributed by atoms with Gasteiger partial charge in [-0.2, -0.15) is 0 Å². The number of carbonyl (C=O) groups is 2. The molecule has 35 heavy (non-hydrogen) atoms. The molecule has 1 aromatic heterocycles. The molecule has 1 aliphatic rings. The Hall–Kier alpha value is -3.87. The number of hydrogen-bond donors (Lipinski definition) is 1. The summed E-state index contributed by atoms with van der Waals surface area (Å²) in [7, 11) is 3.10. The van der Waals surface area contributed by atoms with E-state index in [1.807, 2.05) is 12.1 Å². The summed E-state index contributed by atoms with van der Waals surface area (Å²) < 4.78 is 10.6. The number of hydrogen-bond acceptors (Lipinski definition) is 5. The monoisotopic (exact) mass is 473 g/mol. The number of methoxy groups -OCH3 is 2. The van der Waals surface area contributed by atoms with Gasteiger partial charge in [0.05, 0.1) is 37.6 Å². The van der Waals surface area contributed by atoms with Crippen LogP contribution in [-0.2, 0) is 17.6 Å². The number of pyridine rings is 1. The lowest BCUT2D eigenvalue weighted by Gasteiger charge is -2.29. The van der Waals surface area contributed by atoms with Gasteiger partial charge < -0.3 is 19.7 Å². The number of nitrogens with zero attached hydrogens (tertiary/aromatic N) is 2. The van der Waals surface area contributed by atoms with Crippen molar-refractivity contribution >= 4 is 23.2 Å². The minimum absolute atomic E-state index is 0.00231. The Balaban J connectivity index is 1.52. The maximum Gasteiger partial charge on any atom is 0.257 e. The van der Waals surface area contributed by atoms with Crippen LogP contribution in [0.25, 0.3) is 0 Å². The SMILES string of the molecule is COc1ccc(NC(=O)c2cnc3c(c2)N(C(=O)Cc2ccc(C(C)C)cc2)CCC3)cc1OC. The first kappa shape index (κ1) is 24.3. The van der Waals surface area contributed by atoms with Crippen molar-refractivity contribution in [1.82, 2.24) is 4.98 Å². The molecule has 1 aliphatic heterocycles. The molecule has 0 aliphatic carbocycles. The van der Waals surface area contributed by atoms with Crippen LogP contribution in [0.15, 0.2) is 54.7 Å². The van der Waals surface area contributed by atoms with Crippen LogP contribution in [0, 0.1) is 0 Å². The van der Waals surface area contributed by atoms with Crippen molar-refractivity contribution in [1.29, 1.82) is 0 Å². The number of aryl methyl sites for hydroxylation is 1. The summed E-state index contributed by atoms with van der Waals surface area (Å²) in [6.45, 7) is 4.91. The van der Waals surface area contributed by atoms with E-state index < -0.39 is 0 Å². The number of ether oxygens (including phenoxy) is 2. The summed E-state index contributed by atoms with van der Waals surface area (Å²) in [6, 6.07) is 15.1. The molecule has 0 spiro atoms. The van der Waals surface area contributed by atoms with E-state index >= 15 is 0 Å². The van der Waals surface area contributed by atoms with E-state index in [2.05, 4.69) is 36.3 Å². The molecule has 182 valence electrons. The summed E-state index contributed by atoms with van der Waals surface area (Å²) in [5, 5.41) is 2.87. The van der Waals surface area contributed by atoms with Crippen molar-refractivity contribution in [3.8, 4) is 11.5 Å². The standard InChI is InChI=1S/C28H31N3O4/c1-18(2)20-9-7-19(8-10-20)14-27(32)31-13-5-6-23-24(31)15-21(17-29-23)28(33)30-22-11-12-25(34-3)26(16-22)35-4/h7-12,15-18H,5-6,13-14H2,1-4H3,(H,30,33). The summed E-state index contributed by atoms with van der Waals surface area (Å²) in [5.41, 5.74) is 4.73. The highest BCUT2D eigenvalue weighted by molar-refractivity contribution is 6.05. The number of anilines is 2. The second-order valence-corrected chi connectivity index (χ2v) is 8.94. The Labute approximate surface area is 206 Å². The third-order valence-electron chi connectivity index (χ3n) is 6.24. The van der Waals surface area contributed by atoms with E-state index in [1.165, 1.54) is 5.56 Å². The Morgan fingerprint density at radius 3 is 2.46 bits per heavy atom. The highest BCUT2D eigenvalue weighted by Gasteiger charge is 2.25. The molecule has 2 heterocycles. The van der Waals surface area contributed by atoms with Crippen LogP contribution in [0.5, 0.6) is 11.5 Å². The second-order valence-electron chi connectivity index (χ2n) is 8.94. The average molecular weight is 474 g/mol. The van der Waals surface area contributed by atoms with Gasteiger partial charge >= 0.3 is 0 Å². The third kappa shape index (κ3) is 5.45. The maximum absolute atomic E-state index is 13.2. The highest BCUT2D eigenvalue weighted by atomic mass is 16.5. The molecule has 0 saturated carbocycles. The van der Waals surface area contributed by atoms with Gasteiger partial charge in [-0.1, -0.05) is 38.1 Å². The predicted molar refractivity (Wildman–Crippen MR) is 137 cm³/mol. The van der Waals surface area contributed by atoms with Gasteiger partial charge in [0, 0.05) is 24.5 Å². The first-order valence-corrected chi connectivity index (χ1v) is 11.8. The van der Waals surface area contributed by atoms with Gasteiger partial charge in [-0.15, -0.1) is 0 Å². The van der Waals surface area contributed by atoms with Gasteiger partial charge in [-0.05, 0) is 48.1 Å². The number of fused-ring (bicyclic) bond motifs is 1. The normalized spacial score (nSPS) is 12.8. The van der Waals surface area contributed by atoms with Gasteiger partial charge in [0.25, 0.3) is 5.91 Å². The van der Waals surface area contributed by atoms with Gasteiger partial charge in [-0.3, -0.25) is 14.6 Å². The molecule has 3 aromatic rings. The summed E-state index contributed by atoms with van der Waals surface area (Å²) >= 11 is 0. The lowest BCUT2D eigenvalue weighted by atomic mass is 10.00. The Morgan fingerprint density at radius 1 is 1.03 bits per heavy atom. The van der Waals surface area contributed by atoms with Crippen LogP contribution >= 0.6 is 0 Å². The van der Waals surface area contributed by atoms with E-state index in [0.717, 1.165) is 24.1 Å². The van der Waals surface area contributed by atoms with Crippen LogP contribution in [0.3, 0.4) is 0 Å². The topological polar surface area (TPSA) is 80.8 Å². The molecule has 0 unspecified atom stereocenters. The molecule has 4 rings (SSSR count). The van der Waals surface area contributed by atoms with Crippen LogP contribution in [0.2, 0.25) is 0 Å². The summed E-state index contributed by atoms with van der Waals surface area (Å²) in [5.74, 6) is 1.24. The predicted octanol–water partition coefficient (Wildman–Crippen LogP) is 5.00. The minimum Gasteiger partial charge on any atom is -0.493 e. The molecule has 7 heteroatoms. The zero-order valence-corrected chi connectivity index (χ0v) is 20.6. The maximum atomic E-state index is 13.2. The van der Waals surface area contributed by atoms with Crippen LogP contribution < -0.4 is 19.7 Å². The Morgan fingerprint density at radius 2 is 1.77 bits per heavy atom. The second kappa shape index (κ2) is 10.6. The van der Waals surface area contributed by atoms with Gasteiger partial charge in [0.1, 0.15) is 0 Å². The third-order valence-corrected chi connectivity index (χ3v) is 6.24. The molecule has 1 N–H and O–H groups in total. The number of aromatic nitrogens is 1. The van der Waals surface area contributed by atoms with Crippen LogP contribution in [-0.4, -0.2) is 37.6 Å². The van der Waals surface area contributed by atoms with E-state index in [1.54, 1.807) is 49.6 Å². The van der Waals surface area contributed by atoms with Crippen molar-refractivity contribution < 1.29 is 19.1 Å². The number of rotatable bonds is 7.